The molecule has 3 aromatic rings. The molecule has 1 heterocycles. The lowest BCUT2D eigenvalue weighted by atomic mass is 10.1. The van der Waals surface area contributed by atoms with Crippen molar-refractivity contribution in [1.29, 1.82) is 0 Å². The van der Waals surface area contributed by atoms with Crippen LogP contribution in [0.15, 0.2) is 83.9 Å². The van der Waals surface area contributed by atoms with Crippen LogP contribution in [-0.2, 0) is 16.0 Å². The maximum atomic E-state index is 13.2. The van der Waals surface area contributed by atoms with Gasteiger partial charge >= 0.3 is 5.97 Å². The number of nitrogens with zero attached hydrogens (tertiary/aromatic N) is 2. The van der Waals surface area contributed by atoms with Crippen LogP contribution < -0.4 is 10.1 Å². The minimum absolute atomic E-state index is 0.0384. The van der Waals surface area contributed by atoms with Crippen LogP contribution in [0.5, 0.6) is 5.75 Å². The van der Waals surface area contributed by atoms with E-state index < -0.39 is 11.2 Å². The van der Waals surface area contributed by atoms with Gasteiger partial charge in [-0.15, -0.1) is 0 Å². The molecule has 1 aliphatic rings. The Morgan fingerprint density at radius 3 is 2.41 bits per heavy atom. The van der Waals surface area contributed by atoms with Gasteiger partial charge in [0.1, 0.15) is 11.0 Å². The van der Waals surface area contributed by atoms with Crippen LogP contribution in [0.4, 0.5) is 11.4 Å². The van der Waals surface area contributed by atoms with Gasteiger partial charge in [0.05, 0.1) is 18.4 Å². The van der Waals surface area contributed by atoms with Gasteiger partial charge in [0, 0.05) is 18.7 Å². The van der Waals surface area contributed by atoms with Gasteiger partial charge in [-0.2, -0.15) is 0 Å². The van der Waals surface area contributed by atoms with E-state index in [0.29, 0.717) is 28.8 Å². The molecule has 1 fully saturated rings. The maximum absolute atomic E-state index is 13.2. The van der Waals surface area contributed by atoms with Gasteiger partial charge in [0.25, 0.3) is 0 Å². The molecule has 8 nitrogen and oxygen atoms in total. The van der Waals surface area contributed by atoms with Crippen molar-refractivity contribution in [3.8, 4) is 5.75 Å². The van der Waals surface area contributed by atoms with E-state index in [1.54, 1.807) is 36.3 Å². The number of nitrogens with one attached hydrogen (secondary N) is 1. The fraction of sp³-hybridized carbons (Fsp3) is 0.214. The zero-order valence-corrected chi connectivity index (χ0v) is 21.1. The van der Waals surface area contributed by atoms with E-state index in [2.05, 4.69) is 17.4 Å². The fourth-order valence-corrected chi connectivity index (χ4v) is 4.96. The summed E-state index contributed by atoms with van der Waals surface area (Å²) in [5.41, 5.74) is 2.43. The number of carbonyl (C=O) groups excluding carboxylic acids is 2. The quantitative estimate of drug-likeness (QED) is 0.414. The number of anilines is 1. The smallest absolute Gasteiger partial charge is 0.335 e. The summed E-state index contributed by atoms with van der Waals surface area (Å²) in [4.78, 5) is 43.7. The van der Waals surface area contributed by atoms with Crippen LogP contribution in [0.1, 0.15) is 28.8 Å². The number of hydrogen-bond acceptors (Lipinski definition) is 6. The number of benzene rings is 3. The third-order valence-electron chi connectivity index (χ3n) is 5.82. The fourth-order valence-electron chi connectivity index (χ4n) is 3.83. The molecule has 0 spiro atoms. The van der Waals surface area contributed by atoms with Crippen LogP contribution in [0.2, 0.25) is 0 Å². The molecule has 1 saturated heterocycles. The number of methoxy groups -OCH3 is 1. The summed E-state index contributed by atoms with van der Waals surface area (Å²) in [6.07, 6.45) is 1.61. The largest absolute Gasteiger partial charge is 0.497 e. The summed E-state index contributed by atoms with van der Waals surface area (Å²) >= 11 is 1.25. The van der Waals surface area contributed by atoms with Gasteiger partial charge in [-0.1, -0.05) is 42.1 Å². The second-order valence-corrected chi connectivity index (χ2v) is 9.58. The van der Waals surface area contributed by atoms with E-state index in [4.69, 9.17) is 14.8 Å². The molecular formula is C28H27N3O5S. The zero-order chi connectivity index (χ0) is 26.2. The molecule has 0 saturated carbocycles. The van der Waals surface area contributed by atoms with Crippen LogP contribution in [-0.4, -0.2) is 51.9 Å². The van der Waals surface area contributed by atoms with Crippen molar-refractivity contribution in [1.82, 2.24) is 4.90 Å². The lowest BCUT2D eigenvalue weighted by Gasteiger charge is -2.32. The van der Waals surface area contributed by atoms with Gasteiger partial charge in [-0.05, 0) is 66.9 Å². The number of carboxylic acid groups (broad SMARTS) is 1. The average molecular weight is 518 g/mol. The van der Waals surface area contributed by atoms with Gasteiger partial charge in [-0.3, -0.25) is 14.5 Å². The molecule has 2 N–H and O–H groups in total. The Balaban J connectivity index is 1.50. The summed E-state index contributed by atoms with van der Waals surface area (Å²) in [5.74, 6) is -0.853. The van der Waals surface area contributed by atoms with E-state index in [1.165, 1.54) is 41.6 Å². The van der Waals surface area contributed by atoms with Gasteiger partial charge in [0.2, 0.25) is 11.8 Å². The standard InChI is InChI=1S/C28H27N3O5S/c1-36-23-15-13-22(14-16-23)30-28-31(17-5-8-19-6-3-2-4-7-19)25(32)18-24(37-28)26(33)29-21-11-9-20(10-12-21)27(34)35/h2-4,6-7,9-16,24H,5,8,17-18H2,1H3,(H,29,33)(H,34,35). The Hall–Kier alpha value is -4.11. The molecule has 4 rings (SSSR count). The lowest BCUT2D eigenvalue weighted by Crippen LogP contribution is -2.45. The summed E-state index contributed by atoms with van der Waals surface area (Å²) in [6.45, 7) is 0.487. The Labute approximate surface area is 219 Å². The van der Waals surface area contributed by atoms with Crippen LogP contribution in [0.3, 0.4) is 0 Å². The second kappa shape index (κ2) is 12.2. The molecule has 37 heavy (non-hydrogen) atoms. The first-order valence-corrected chi connectivity index (χ1v) is 12.7. The topological polar surface area (TPSA) is 108 Å². The SMILES string of the molecule is COc1ccc(N=C2SC(C(=O)Nc3ccc(C(=O)O)cc3)CC(=O)N2CCCc2ccccc2)cc1. The van der Waals surface area contributed by atoms with Gasteiger partial charge in [0.15, 0.2) is 5.17 Å². The van der Waals surface area contributed by atoms with Crippen molar-refractivity contribution in [3.05, 3.63) is 90.0 Å². The first-order valence-electron chi connectivity index (χ1n) is 11.8. The number of hydrogen-bond donors (Lipinski definition) is 2. The number of aliphatic imine (C=N–C) groups is 1. The Bertz CT molecular complexity index is 1280. The number of ether oxygens (including phenoxy) is 1. The number of carbonyl (C=O) groups is 3. The Morgan fingerprint density at radius 1 is 1.05 bits per heavy atom. The Morgan fingerprint density at radius 2 is 1.76 bits per heavy atom. The molecular weight excluding hydrogens is 490 g/mol. The first-order chi connectivity index (χ1) is 17.9. The van der Waals surface area contributed by atoms with Gasteiger partial charge < -0.3 is 15.2 Å². The minimum Gasteiger partial charge on any atom is -0.497 e. The highest BCUT2D eigenvalue weighted by Crippen LogP contribution is 2.31. The summed E-state index contributed by atoms with van der Waals surface area (Å²) in [6, 6.07) is 23.1. The molecule has 3 aromatic carbocycles. The van der Waals surface area contributed by atoms with Crippen molar-refractivity contribution in [2.24, 2.45) is 4.99 Å². The second-order valence-electron chi connectivity index (χ2n) is 8.41. The number of rotatable bonds is 9. The van der Waals surface area contributed by atoms with Crippen molar-refractivity contribution in [2.75, 3.05) is 19.0 Å². The molecule has 2 amide bonds. The third-order valence-corrected chi connectivity index (χ3v) is 7.01. The number of amidine groups is 1. The monoisotopic (exact) mass is 517 g/mol. The average Bonchev–Trinajstić information content (AvgIpc) is 2.91. The molecule has 0 radical (unpaired) electrons. The number of thioether (sulfide) groups is 1. The highest BCUT2D eigenvalue weighted by Gasteiger charge is 2.35. The molecule has 190 valence electrons. The van der Waals surface area contributed by atoms with E-state index in [-0.39, 0.29) is 23.8 Å². The Kier molecular flexibility index (Phi) is 8.58. The van der Waals surface area contributed by atoms with Gasteiger partial charge in [-0.25, -0.2) is 9.79 Å². The maximum Gasteiger partial charge on any atom is 0.335 e. The number of aryl methyl sites for hydroxylation is 1. The molecule has 9 heteroatoms. The third kappa shape index (κ3) is 6.98. The van der Waals surface area contributed by atoms with E-state index in [1.807, 2.05) is 18.2 Å². The van der Waals surface area contributed by atoms with Crippen molar-refractivity contribution >= 4 is 46.1 Å². The van der Waals surface area contributed by atoms with Crippen molar-refractivity contribution in [2.45, 2.75) is 24.5 Å². The highest BCUT2D eigenvalue weighted by atomic mass is 32.2. The van der Waals surface area contributed by atoms with E-state index in [0.717, 1.165) is 12.8 Å². The molecule has 0 aromatic heterocycles. The molecule has 1 atom stereocenters. The predicted molar refractivity (Wildman–Crippen MR) is 145 cm³/mol. The predicted octanol–water partition coefficient (Wildman–Crippen LogP) is 4.99. The van der Waals surface area contributed by atoms with Crippen molar-refractivity contribution < 1.29 is 24.2 Å². The minimum atomic E-state index is -1.04. The highest BCUT2D eigenvalue weighted by molar-refractivity contribution is 8.15. The van der Waals surface area contributed by atoms with Crippen LogP contribution in [0.25, 0.3) is 0 Å². The summed E-state index contributed by atoms with van der Waals surface area (Å²) < 4.78 is 5.21. The molecule has 1 unspecified atom stereocenters. The molecule has 0 aliphatic carbocycles. The molecule has 0 bridgehead atoms. The zero-order valence-electron chi connectivity index (χ0n) is 20.3. The number of carboxylic acids is 1. The first kappa shape index (κ1) is 26.0. The molecule has 1 aliphatic heterocycles. The normalized spacial score (nSPS) is 16.5. The summed E-state index contributed by atoms with van der Waals surface area (Å²) in [5, 5.41) is 11.6. The lowest BCUT2D eigenvalue weighted by molar-refractivity contribution is -0.129. The summed E-state index contributed by atoms with van der Waals surface area (Å²) in [7, 11) is 1.59. The van der Waals surface area contributed by atoms with E-state index in [9.17, 15) is 14.4 Å². The van der Waals surface area contributed by atoms with E-state index >= 15 is 0 Å². The van der Waals surface area contributed by atoms with Crippen LogP contribution in [0, 0.1) is 0 Å². The number of amides is 2. The number of aromatic carboxylic acids is 1. The van der Waals surface area contributed by atoms with Crippen molar-refractivity contribution in [3.63, 3.8) is 0 Å². The van der Waals surface area contributed by atoms with Crippen LogP contribution >= 0.6 is 11.8 Å².